The molecule has 1 fully saturated rings. The van der Waals surface area contributed by atoms with Crippen LogP contribution in [0.15, 0.2) is 18.2 Å². The summed E-state index contributed by atoms with van der Waals surface area (Å²) in [5, 5.41) is 6.56. The molecule has 1 unspecified atom stereocenters. The van der Waals surface area contributed by atoms with Crippen molar-refractivity contribution in [2.75, 3.05) is 32.0 Å². The summed E-state index contributed by atoms with van der Waals surface area (Å²) in [6, 6.07) is 4.81. The molecule has 20 heavy (non-hydrogen) atoms. The van der Waals surface area contributed by atoms with E-state index in [0.29, 0.717) is 28.2 Å². The summed E-state index contributed by atoms with van der Waals surface area (Å²) in [7, 11) is 2.11. The average molecular weight is 316 g/mol. The van der Waals surface area contributed by atoms with Gasteiger partial charge in [0.25, 0.3) is 0 Å². The highest BCUT2D eigenvalue weighted by atomic mass is 35.5. The van der Waals surface area contributed by atoms with Gasteiger partial charge in [-0.15, -0.1) is 0 Å². The van der Waals surface area contributed by atoms with E-state index in [0.717, 1.165) is 19.5 Å². The predicted octanol–water partition coefficient (Wildman–Crippen LogP) is 3.46. The van der Waals surface area contributed by atoms with Crippen LogP contribution in [0.4, 0.5) is 10.5 Å². The zero-order valence-corrected chi connectivity index (χ0v) is 13.0. The summed E-state index contributed by atoms with van der Waals surface area (Å²) in [5.74, 6) is 0.522. The molecule has 1 saturated heterocycles. The molecule has 0 spiro atoms. The van der Waals surface area contributed by atoms with E-state index in [1.165, 1.54) is 6.42 Å². The van der Waals surface area contributed by atoms with Crippen LogP contribution in [0.3, 0.4) is 0 Å². The SMILES string of the molecule is CN1CCCC(CNC(=O)Nc2ccc(Cl)c(Cl)c2)C1. The molecule has 1 aliphatic rings. The van der Waals surface area contributed by atoms with Crippen LogP contribution in [0.1, 0.15) is 12.8 Å². The number of nitrogens with one attached hydrogen (secondary N) is 2. The van der Waals surface area contributed by atoms with E-state index < -0.39 is 0 Å². The van der Waals surface area contributed by atoms with Gasteiger partial charge in [0.15, 0.2) is 0 Å². The Morgan fingerprint density at radius 2 is 2.20 bits per heavy atom. The van der Waals surface area contributed by atoms with Crippen molar-refractivity contribution in [2.45, 2.75) is 12.8 Å². The van der Waals surface area contributed by atoms with Crippen molar-refractivity contribution in [3.8, 4) is 0 Å². The van der Waals surface area contributed by atoms with E-state index in [-0.39, 0.29) is 6.03 Å². The Balaban J connectivity index is 1.78. The van der Waals surface area contributed by atoms with Crippen molar-refractivity contribution in [3.63, 3.8) is 0 Å². The molecule has 1 aromatic carbocycles. The molecule has 0 bridgehead atoms. The second-order valence-electron chi connectivity index (χ2n) is 5.23. The van der Waals surface area contributed by atoms with Gasteiger partial charge in [0.05, 0.1) is 10.0 Å². The van der Waals surface area contributed by atoms with Crippen LogP contribution in [-0.4, -0.2) is 37.6 Å². The van der Waals surface area contributed by atoms with Crippen molar-refractivity contribution >= 4 is 34.9 Å². The van der Waals surface area contributed by atoms with Gasteiger partial charge in [0, 0.05) is 18.8 Å². The number of nitrogens with zero attached hydrogens (tertiary/aromatic N) is 1. The number of piperidine rings is 1. The van der Waals surface area contributed by atoms with Crippen molar-refractivity contribution < 1.29 is 4.79 Å². The maximum Gasteiger partial charge on any atom is 0.319 e. The summed E-state index contributed by atoms with van der Waals surface area (Å²) < 4.78 is 0. The molecule has 2 rings (SSSR count). The van der Waals surface area contributed by atoms with Crippen LogP contribution in [-0.2, 0) is 0 Å². The Kier molecular flexibility index (Phi) is 5.52. The number of urea groups is 1. The Hall–Kier alpha value is -0.970. The van der Waals surface area contributed by atoms with E-state index in [2.05, 4.69) is 22.6 Å². The van der Waals surface area contributed by atoms with E-state index in [1.54, 1.807) is 18.2 Å². The summed E-state index contributed by atoms with van der Waals surface area (Å²) >= 11 is 11.7. The normalized spacial score (nSPS) is 19.6. The fraction of sp³-hybridized carbons (Fsp3) is 0.500. The highest BCUT2D eigenvalue weighted by Crippen LogP contribution is 2.24. The number of amides is 2. The third-order valence-corrected chi connectivity index (χ3v) is 4.19. The third-order valence-electron chi connectivity index (χ3n) is 3.45. The molecule has 1 aliphatic heterocycles. The molecule has 0 aliphatic carbocycles. The van der Waals surface area contributed by atoms with Gasteiger partial charge >= 0.3 is 6.03 Å². The molecule has 1 aromatic rings. The Bertz CT molecular complexity index is 481. The molecule has 1 heterocycles. The first-order valence-corrected chi connectivity index (χ1v) is 7.48. The number of anilines is 1. The predicted molar refractivity (Wildman–Crippen MR) is 83.7 cm³/mol. The summed E-state index contributed by atoms with van der Waals surface area (Å²) in [6.07, 6.45) is 2.36. The fourth-order valence-corrected chi connectivity index (χ4v) is 2.72. The number of hydrogen-bond donors (Lipinski definition) is 2. The standard InChI is InChI=1S/C14H19Cl2N3O/c1-19-6-2-3-10(9-19)8-17-14(20)18-11-4-5-12(15)13(16)7-11/h4-5,7,10H,2-3,6,8-9H2,1H3,(H2,17,18,20). The Morgan fingerprint density at radius 1 is 1.40 bits per heavy atom. The topological polar surface area (TPSA) is 44.4 Å². The van der Waals surface area contributed by atoms with Gasteiger partial charge in [-0.3, -0.25) is 0 Å². The maximum atomic E-state index is 11.8. The van der Waals surface area contributed by atoms with E-state index in [9.17, 15) is 4.79 Å². The number of carbonyl (C=O) groups excluding carboxylic acids is 1. The highest BCUT2D eigenvalue weighted by Gasteiger charge is 2.17. The van der Waals surface area contributed by atoms with Gasteiger partial charge in [-0.2, -0.15) is 0 Å². The molecule has 110 valence electrons. The molecular formula is C14H19Cl2N3O. The largest absolute Gasteiger partial charge is 0.338 e. The molecule has 0 saturated carbocycles. The molecule has 2 amide bonds. The van der Waals surface area contributed by atoms with E-state index in [1.807, 2.05) is 0 Å². The molecule has 0 radical (unpaired) electrons. The van der Waals surface area contributed by atoms with Gasteiger partial charge in [-0.25, -0.2) is 4.79 Å². The minimum absolute atomic E-state index is 0.211. The van der Waals surface area contributed by atoms with Crippen LogP contribution in [0.25, 0.3) is 0 Å². The monoisotopic (exact) mass is 315 g/mol. The first kappa shape index (κ1) is 15.4. The lowest BCUT2D eigenvalue weighted by Gasteiger charge is -2.29. The summed E-state index contributed by atoms with van der Waals surface area (Å²) in [5.41, 5.74) is 0.637. The number of rotatable bonds is 3. The average Bonchev–Trinajstić information content (AvgIpc) is 2.41. The first-order valence-electron chi connectivity index (χ1n) is 6.73. The molecule has 6 heteroatoms. The lowest BCUT2D eigenvalue weighted by atomic mass is 9.99. The van der Waals surface area contributed by atoms with Crippen molar-refractivity contribution in [3.05, 3.63) is 28.2 Å². The summed E-state index contributed by atoms with van der Waals surface area (Å²) in [4.78, 5) is 14.1. The quantitative estimate of drug-likeness (QED) is 0.897. The number of halogens is 2. The summed E-state index contributed by atoms with van der Waals surface area (Å²) in [6.45, 7) is 2.87. The fourth-order valence-electron chi connectivity index (χ4n) is 2.43. The van der Waals surface area contributed by atoms with Gasteiger partial charge in [0.2, 0.25) is 0 Å². The van der Waals surface area contributed by atoms with Crippen LogP contribution in [0.5, 0.6) is 0 Å². The third kappa shape index (κ3) is 4.54. The lowest BCUT2D eigenvalue weighted by molar-refractivity contribution is 0.204. The van der Waals surface area contributed by atoms with Crippen molar-refractivity contribution in [1.82, 2.24) is 10.2 Å². The lowest BCUT2D eigenvalue weighted by Crippen LogP contribution is -2.40. The van der Waals surface area contributed by atoms with Crippen LogP contribution in [0.2, 0.25) is 10.0 Å². The molecular weight excluding hydrogens is 297 g/mol. The van der Waals surface area contributed by atoms with Gasteiger partial charge in [0.1, 0.15) is 0 Å². The first-order chi connectivity index (χ1) is 9.54. The van der Waals surface area contributed by atoms with Crippen molar-refractivity contribution in [1.29, 1.82) is 0 Å². The van der Waals surface area contributed by atoms with Gasteiger partial charge in [-0.1, -0.05) is 23.2 Å². The molecule has 4 nitrogen and oxygen atoms in total. The maximum absolute atomic E-state index is 11.8. The second kappa shape index (κ2) is 7.16. The second-order valence-corrected chi connectivity index (χ2v) is 6.05. The molecule has 2 N–H and O–H groups in total. The zero-order valence-electron chi connectivity index (χ0n) is 11.5. The minimum atomic E-state index is -0.211. The minimum Gasteiger partial charge on any atom is -0.338 e. The van der Waals surface area contributed by atoms with Crippen LogP contribution < -0.4 is 10.6 Å². The number of hydrogen-bond acceptors (Lipinski definition) is 2. The number of benzene rings is 1. The van der Waals surface area contributed by atoms with Crippen molar-refractivity contribution in [2.24, 2.45) is 5.92 Å². The highest BCUT2D eigenvalue weighted by molar-refractivity contribution is 6.42. The molecule has 0 aromatic heterocycles. The zero-order chi connectivity index (χ0) is 14.5. The van der Waals surface area contributed by atoms with E-state index >= 15 is 0 Å². The van der Waals surface area contributed by atoms with Crippen LogP contribution >= 0.6 is 23.2 Å². The Morgan fingerprint density at radius 3 is 2.90 bits per heavy atom. The molecule has 1 atom stereocenters. The number of likely N-dealkylation sites (tertiary alicyclic amines) is 1. The van der Waals surface area contributed by atoms with E-state index in [4.69, 9.17) is 23.2 Å². The Labute approximate surface area is 129 Å². The number of carbonyl (C=O) groups is 1. The van der Waals surface area contributed by atoms with Crippen LogP contribution in [0, 0.1) is 5.92 Å². The van der Waals surface area contributed by atoms with Gasteiger partial charge in [-0.05, 0) is 50.6 Å². The smallest absolute Gasteiger partial charge is 0.319 e. The van der Waals surface area contributed by atoms with Gasteiger partial charge < -0.3 is 15.5 Å².